The summed E-state index contributed by atoms with van der Waals surface area (Å²) in [6, 6.07) is 6.88. The monoisotopic (exact) mass is 507 g/mol. The highest BCUT2D eigenvalue weighted by atomic mass is 32.2. The first kappa shape index (κ1) is 26.4. The van der Waals surface area contributed by atoms with E-state index in [-0.39, 0.29) is 5.75 Å². The first-order chi connectivity index (χ1) is 16.3. The Morgan fingerprint density at radius 2 is 1.54 bits per heavy atom. The fraction of sp³-hybridized carbons (Fsp3) is 0.500. The summed E-state index contributed by atoms with van der Waals surface area (Å²) in [5.41, 5.74) is -0.754. The van der Waals surface area contributed by atoms with E-state index < -0.39 is 53.4 Å². The molecule has 3 rings (SSSR count). The summed E-state index contributed by atoms with van der Waals surface area (Å²) in [5, 5.41) is 0.729. The number of esters is 3. The zero-order chi connectivity index (χ0) is 25.9. The number of nitrogens with zero attached hydrogens (tertiary/aromatic N) is 1. The van der Waals surface area contributed by atoms with Gasteiger partial charge < -0.3 is 23.7 Å². The Morgan fingerprint density at radius 1 is 0.914 bits per heavy atom. The van der Waals surface area contributed by atoms with E-state index in [1.807, 2.05) is 0 Å². The second kappa shape index (κ2) is 10.6. The predicted molar refractivity (Wildman–Crippen MR) is 127 cm³/mol. The Hall–Kier alpha value is -3.21. The average Bonchev–Trinajstić information content (AvgIpc) is 3.13. The van der Waals surface area contributed by atoms with Crippen molar-refractivity contribution in [2.24, 2.45) is 0 Å². The summed E-state index contributed by atoms with van der Waals surface area (Å²) < 4.78 is 29.1. The van der Waals surface area contributed by atoms with Crippen LogP contribution in [-0.2, 0) is 33.3 Å². The quantitative estimate of drug-likeness (QED) is 0.438. The van der Waals surface area contributed by atoms with Crippen LogP contribution in [0.2, 0.25) is 0 Å². The van der Waals surface area contributed by atoms with Crippen LogP contribution in [0.25, 0.3) is 10.9 Å². The van der Waals surface area contributed by atoms with E-state index in [9.17, 15) is 19.2 Å². The van der Waals surface area contributed by atoms with Gasteiger partial charge in [-0.15, -0.1) is 11.8 Å². The average molecular weight is 508 g/mol. The van der Waals surface area contributed by atoms with Crippen LogP contribution in [0.4, 0.5) is 4.79 Å². The molecule has 0 N–H and O–H groups in total. The van der Waals surface area contributed by atoms with Gasteiger partial charge in [-0.25, -0.2) is 4.79 Å². The molecule has 0 saturated carbocycles. The van der Waals surface area contributed by atoms with Gasteiger partial charge in [-0.05, 0) is 45.0 Å². The number of aromatic nitrogens is 1. The Labute approximate surface area is 207 Å². The Morgan fingerprint density at radius 3 is 2.14 bits per heavy atom. The number of fused-ring (bicyclic) bond motifs is 1. The second-order valence-electron chi connectivity index (χ2n) is 9.00. The molecular weight excluding hydrogens is 478 g/mol. The van der Waals surface area contributed by atoms with Crippen LogP contribution in [0.3, 0.4) is 0 Å². The lowest BCUT2D eigenvalue weighted by Crippen LogP contribution is -2.55. The van der Waals surface area contributed by atoms with Crippen LogP contribution in [-0.4, -0.2) is 63.7 Å². The summed E-state index contributed by atoms with van der Waals surface area (Å²) in [7, 11) is 0. The fourth-order valence-corrected chi connectivity index (χ4v) is 4.82. The van der Waals surface area contributed by atoms with Gasteiger partial charge >= 0.3 is 24.0 Å². The molecule has 0 aliphatic carbocycles. The number of benzene rings is 1. The topological polar surface area (TPSA) is 119 Å². The SMILES string of the molecule is CC(=O)O[C@@H]1[C@@H](OC(C)=O)[C@@H](Oc2ccc3c(ccn3C(=O)OC(C)(C)C)c2)SC[C@H]1OC(C)=O. The summed E-state index contributed by atoms with van der Waals surface area (Å²) >= 11 is 1.26. The number of ether oxygens (including phenoxy) is 5. The number of carbonyl (C=O) groups is 4. The van der Waals surface area contributed by atoms with Crippen LogP contribution < -0.4 is 4.74 Å². The van der Waals surface area contributed by atoms with Crippen molar-refractivity contribution in [3.8, 4) is 5.75 Å². The molecule has 1 aromatic carbocycles. The zero-order valence-electron chi connectivity index (χ0n) is 20.4. The molecule has 1 aliphatic rings. The van der Waals surface area contributed by atoms with Crippen molar-refractivity contribution in [3.05, 3.63) is 30.5 Å². The van der Waals surface area contributed by atoms with E-state index >= 15 is 0 Å². The van der Waals surface area contributed by atoms with E-state index in [1.165, 1.54) is 37.1 Å². The van der Waals surface area contributed by atoms with Crippen molar-refractivity contribution in [2.45, 2.75) is 70.9 Å². The molecular formula is C24H29NO9S. The fourth-order valence-electron chi connectivity index (χ4n) is 3.61. The van der Waals surface area contributed by atoms with Crippen LogP contribution in [0.5, 0.6) is 5.75 Å². The lowest BCUT2D eigenvalue weighted by molar-refractivity contribution is -0.186. The van der Waals surface area contributed by atoms with Crippen LogP contribution in [0.1, 0.15) is 41.5 Å². The first-order valence-corrected chi connectivity index (χ1v) is 12.0. The van der Waals surface area contributed by atoms with Gasteiger partial charge in [-0.1, -0.05) is 0 Å². The largest absolute Gasteiger partial charge is 0.476 e. The van der Waals surface area contributed by atoms with Gasteiger partial charge in [0.1, 0.15) is 11.4 Å². The summed E-state index contributed by atoms with van der Waals surface area (Å²) in [6.45, 7) is 9.07. The number of rotatable bonds is 5. The number of hydrogen-bond donors (Lipinski definition) is 0. The minimum Gasteiger partial charge on any atom is -0.476 e. The van der Waals surface area contributed by atoms with Gasteiger partial charge in [-0.2, -0.15) is 0 Å². The normalized spacial score (nSPS) is 22.2. The van der Waals surface area contributed by atoms with Gasteiger partial charge in [0, 0.05) is 38.1 Å². The predicted octanol–water partition coefficient (Wildman–Crippen LogP) is 3.67. The summed E-state index contributed by atoms with van der Waals surface area (Å²) in [4.78, 5) is 47.6. The molecule has 0 radical (unpaired) electrons. The van der Waals surface area contributed by atoms with Gasteiger partial charge in [0.05, 0.1) is 5.52 Å². The maximum absolute atomic E-state index is 12.5. The Kier molecular flexibility index (Phi) is 7.99. The molecule has 4 atom stereocenters. The Balaban J connectivity index is 1.85. The standard InChI is InChI=1S/C24H29NO9S/c1-13(26)30-19-12-35-22(21(32-15(3)28)20(19)31-14(2)27)33-17-7-8-18-16(11-17)9-10-25(18)23(29)34-24(4,5)6/h7-11,19-22H,12H2,1-6H3/t19-,20+,21-,22+/m1/s1. The van der Waals surface area contributed by atoms with Crippen molar-refractivity contribution in [3.63, 3.8) is 0 Å². The van der Waals surface area contributed by atoms with E-state index in [4.69, 9.17) is 23.7 Å². The summed E-state index contributed by atoms with van der Waals surface area (Å²) in [5.74, 6) is -1.05. The molecule has 0 unspecified atom stereocenters. The third-order valence-corrected chi connectivity index (χ3v) is 6.02. The van der Waals surface area contributed by atoms with Crippen molar-refractivity contribution >= 4 is 46.7 Å². The molecule has 10 nitrogen and oxygen atoms in total. The summed E-state index contributed by atoms with van der Waals surface area (Å²) in [6.07, 6.45) is -1.76. The molecule has 11 heteroatoms. The molecule has 0 amide bonds. The van der Waals surface area contributed by atoms with Gasteiger partial charge in [0.15, 0.2) is 23.7 Å². The highest BCUT2D eigenvalue weighted by Crippen LogP contribution is 2.35. The maximum Gasteiger partial charge on any atom is 0.418 e. The van der Waals surface area contributed by atoms with Gasteiger partial charge in [-0.3, -0.25) is 19.0 Å². The molecule has 1 fully saturated rings. The second-order valence-corrected chi connectivity index (χ2v) is 10.1. The molecule has 35 heavy (non-hydrogen) atoms. The van der Waals surface area contributed by atoms with E-state index in [0.29, 0.717) is 11.3 Å². The highest BCUT2D eigenvalue weighted by Gasteiger charge is 2.47. The van der Waals surface area contributed by atoms with Crippen LogP contribution >= 0.6 is 11.8 Å². The number of carbonyl (C=O) groups excluding carboxylic acids is 4. The molecule has 1 saturated heterocycles. The van der Waals surface area contributed by atoms with Crippen LogP contribution in [0.15, 0.2) is 30.5 Å². The third-order valence-electron chi connectivity index (χ3n) is 4.81. The van der Waals surface area contributed by atoms with Crippen LogP contribution in [0, 0.1) is 0 Å². The first-order valence-electron chi connectivity index (χ1n) is 11.0. The van der Waals surface area contributed by atoms with Gasteiger partial charge in [0.2, 0.25) is 0 Å². The molecule has 2 heterocycles. The maximum atomic E-state index is 12.5. The molecule has 0 spiro atoms. The zero-order valence-corrected chi connectivity index (χ0v) is 21.2. The van der Waals surface area contributed by atoms with E-state index in [2.05, 4.69) is 0 Å². The number of thioether (sulfide) groups is 1. The lowest BCUT2D eigenvalue weighted by atomic mass is 10.1. The molecule has 1 aliphatic heterocycles. The lowest BCUT2D eigenvalue weighted by Gasteiger charge is -2.39. The van der Waals surface area contributed by atoms with Crippen molar-refractivity contribution in [1.29, 1.82) is 0 Å². The minimum absolute atomic E-state index is 0.261. The Bertz CT molecular complexity index is 1120. The van der Waals surface area contributed by atoms with Crippen molar-refractivity contribution in [2.75, 3.05) is 5.75 Å². The molecule has 2 aromatic rings. The van der Waals surface area contributed by atoms with E-state index in [0.717, 1.165) is 5.39 Å². The van der Waals surface area contributed by atoms with Crippen molar-refractivity contribution in [1.82, 2.24) is 4.57 Å². The van der Waals surface area contributed by atoms with Crippen molar-refractivity contribution < 1.29 is 42.9 Å². The minimum atomic E-state index is -1.04. The van der Waals surface area contributed by atoms with Gasteiger partial charge in [0.25, 0.3) is 0 Å². The molecule has 190 valence electrons. The van der Waals surface area contributed by atoms with E-state index in [1.54, 1.807) is 51.2 Å². The smallest absolute Gasteiger partial charge is 0.418 e. The molecule has 0 bridgehead atoms. The number of hydrogen-bond acceptors (Lipinski definition) is 10. The third kappa shape index (κ3) is 6.91. The highest BCUT2D eigenvalue weighted by molar-refractivity contribution is 7.99. The molecule has 1 aromatic heterocycles.